The summed E-state index contributed by atoms with van der Waals surface area (Å²) in [5.74, 6) is 2.45. The van der Waals surface area contributed by atoms with Crippen LogP contribution in [0.3, 0.4) is 0 Å². The van der Waals surface area contributed by atoms with Crippen LogP contribution in [0.25, 0.3) is 59.3 Å². The number of rotatable bonds is 7. The van der Waals surface area contributed by atoms with E-state index in [4.69, 9.17) is 9.72 Å². The summed E-state index contributed by atoms with van der Waals surface area (Å²) in [5.41, 5.74) is 16.8. The molecule has 11 rings (SSSR count). The van der Waals surface area contributed by atoms with Gasteiger partial charge in [0.15, 0.2) is 0 Å². The minimum Gasteiger partial charge on any atom is -0.457 e. The SMILES string of the molecule is CC(C)(C)c1ccc(-c2cc(C(C)(C)C)cc(-c3ccc(C(C)(C)C)cc3)c2N2CN(c3cccc(Oc4ccc5c6sc7ccccc7c6n(-c6cc(C(C)(C)C)ccn6)c5c4)c3)c3ccccc32)cc1. The second kappa shape index (κ2) is 17.3. The maximum atomic E-state index is 6.91. The van der Waals surface area contributed by atoms with Gasteiger partial charge in [-0.1, -0.05) is 168 Å². The van der Waals surface area contributed by atoms with E-state index in [-0.39, 0.29) is 21.7 Å². The maximum Gasteiger partial charge on any atom is 0.137 e. The number of benzene rings is 7. The Morgan fingerprint density at radius 1 is 0.472 bits per heavy atom. The molecule has 72 heavy (non-hydrogen) atoms. The summed E-state index contributed by atoms with van der Waals surface area (Å²) in [5, 5.41) is 2.42. The summed E-state index contributed by atoms with van der Waals surface area (Å²) in [6, 6.07) is 60.5. The Morgan fingerprint density at radius 3 is 1.65 bits per heavy atom. The Bertz CT molecular complexity index is 3600. The average Bonchev–Trinajstić information content (AvgIpc) is 4.02. The van der Waals surface area contributed by atoms with E-state index >= 15 is 0 Å². The van der Waals surface area contributed by atoms with Gasteiger partial charge >= 0.3 is 0 Å². The molecular weight excluding hydrogens is 897 g/mol. The monoisotopic (exact) mass is 962 g/mol. The Hall–Kier alpha value is -7.15. The molecule has 0 fully saturated rings. The fraction of sp³-hybridized carbons (Fsp3) is 0.258. The lowest BCUT2D eigenvalue weighted by Crippen LogP contribution is -2.25. The van der Waals surface area contributed by atoms with Gasteiger partial charge in [0.1, 0.15) is 24.0 Å². The van der Waals surface area contributed by atoms with E-state index in [0.717, 1.165) is 39.9 Å². The number of ether oxygens (including phenoxy) is 1. The summed E-state index contributed by atoms with van der Waals surface area (Å²) in [6.07, 6.45) is 1.95. The van der Waals surface area contributed by atoms with Gasteiger partial charge in [-0.15, -0.1) is 11.3 Å². The van der Waals surface area contributed by atoms with Crippen LogP contribution in [-0.2, 0) is 21.7 Å². The molecule has 0 atom stereocenters. The van der Waals surface area contributed by atoms with Crippen molar-refractivity contribution in [3.05, 3.63) is 192 Å². The molecule has 0 unspecified atom stereocenters. The predicted molar refractivity (Wildman–Crippen MR) is 308 cm³/mol. The molecule has 362 valence electrons. The average molecular weight is 963 g/mol. The number of hydrogen-bond acceptors (Lipinski definition) is 5. The van der Waals surface area contributed by atoms with Crippen molar-refractivity contribution in [2.24, 2.45) is 0 Å². The number of thiophene rings is 1. The third-order valence-corrected chi connectivity index (χ3v) is 15.8. The summed E-state index contributed by atoms with van der Waals surface area (Å²) < 4.78 is 11.8. The van der Waals surface area contributed by atoms with Crippen LogP contribution >= 0.6 is 11.3 Å². The second-order valence-electron chi connectivity index (χ2n) is 23.9. The second-order valence-corrected chi connectivity index (χ2v) is 24.9. The van der Waals surface area contributed by atoms with Crippen LogP contribution in [0.1, 0.15) is 105 Å². The maximum absolute atomic E-state index is 6.91. The molecule has 7 aromatic carbocycles. The van der Waals surface area contributed by atoms with E-state index in [1.807, 2.05) is 17.5 Å². The third-order valence-electron chi connectivity index (χ3n) is 14.6. The number of fused-ring (bicyclic) bond motifs is 6. The van der Waals surface area contributed by atoms with Crippen molar-refractivity contribution in [2.45, 2.75) is 105 Å². The van der Waals surface area contributed by atoms with Gasteiger partial charge < -0.3 is 14.5 Å². The van der Waals surface area contributed by atoms with Crippen LogP contribution < -0.4 is 14.5 Å². The fourth-order valence-corrected chi connectivity index (χ4v) is 11.6. The smallest absolute Gasteiger partial charge is 0.137 e. The van der Waals surface area contributed by atoms with Crippen molar-refractivity contribution in [3.8, 4) is 39.6 Å². The molecule has 6 heteroatoms. The molecule has 0 spiro atoms. The molecule has 0 aliphatic carbocycles. The lowest BCUT2D eigenvalue weighted by atomic mass is 9.81. The first kappa shape index (κ1) is 47.2. The number of hydrogen-bond donors (Lipinski definition) is 0. The summed E-state index contributed by atoms with van der Waals surface area (Å²) in [7, 11) is 0. The first-order valence-electron chi connectivity index (χ1n) is 25.5. The van der Waals surface area contributed by atoms with E-state index in [9.17, 15) is 0 Å². The van der Waals surface area contributed by atoms with E-state index in [1.165, 1.54) is 75.9 Å². The molecule has 0 radical (unpaired) electrons. The zero-order valence-electron chi connectivity index (χ0n) is 44.0. The molecule has 0 saturated carbocycles. The van der Waals surface area contributed by atoms with Crippen LogP contribution in [0.5, 0.6) is 11.5 Å². The minimum atomic E-state index is -0.0829. The van der Waals surface area contributed by atoms with Gasteiger partial charge in [0.05, 0.1) is 32.8 Å². The van der Waals surface area contributed by atoms with Gasteiger partial charge in [0.25, 0.3) is 0 Å². The Kier molecular flexibility index (Phi) is 11.3. The predicted octanol–water partition coefficient (Wildman–Crippen LogP) is 19.0. The van der Waals surface area contributed by atoms with Crippen LogP contribution in [0.4, 0.5) is 22.7 Å². The lowest BCUT2D eigenvalue weighted by Gasteiger charge is -2.30. The van der Waals surface area contributed by atoms with Gasteiger partial charge in [0, 0.05) is 50.6 Å². The van der Waals surface area contributed by atoms with Crippen LogP contribution in [-0.4, -0.2) is 16.2 Å². The molecule has 4 heterocycles. The molecule has 5 nitrogen and oxygen atoms in total. The Morgan fingerprint density at radius 2 is 1.04 bits per heavy atom. The van der Waals surface area contributed by atoms with Gasteiger partial charge in [-0.3, -0.25) is 4.57 Å². The summed E-state index contributed by atoms with van der Waals surface area (Å²) in [4.78, 5) is 9.97. The molecule has 10 aromatic rings. The molecule has 3 aromatic heterocycles. The standard InChI is InChI=1S/C66H66N4OS/c1-63(2,3)44-28-24-42(25-29-44)53-36-47(66(10,11)12)37-54(43-26-30-45(31-27-43)64(4,5)6)60(53)69-41-68(55-21-14-15-22-56(55)69)48-18-17-19-49(39-48)71-50-32-33-51-57(40-50)70(59-38-46(34-35-67-59)65(7,8)9)61-52-20-13-16-23-58(52)72-62(51)61/h13-40H,41H2,1-12H3. The molecular formula is C66H66N4OS. The lowest BCUT2D eigenvalue weighted by molar-refractivity contribution is 0.483. The number of aromatic nitrogens is 2. The van der Waals surface area contributed by atoms with Crippen molar-refractivity contribution in [1.29, 1.82) is 0 Å². The van der Waals surface area contributed by atoms with Crippen molar-refractivity contribution < 1.29 is 4.74 Å². The van der Waals surface area contributed by atoms with Gasteiger partial charge in [0.2, 0.25) is 0 Å². The molecule has 0 amide bonds. The van der Waals surface area contributed by atoms with Crippen LogP contribution in [0, 0.1) is 0 Å². The minimum absolute atomic E-state index is 0.0269. The molecule has 0 N–H and O–H groups in total. The van der Waals surface area contributed by atoms with Gasteiger partial charge in [-0.05, 0) is 122 Å². The van der Waals surface area contributed by atoms with Crippen LogP contribution in [0.15, 0.2) is 170 Å². The highest BCUT2D eigenvalue weighted by Crippen LogP contribution is 2.52. The number of pyridine rings is 1. The van der Waals surface area contributed by atoms with Crippen molar-refractivity contribution in [2.75, 3.05) is 16.5 Å². The highest BCUT2D eigenvalue weighted by atomic mass is 32.1. The van der Waals surface area contributed by atoms with Crippen molar-refractivity contribution >= 4 is 65.3 Å². The molecule has 1 aliphatic rings. The number of anilines is 4. The molecule has 0 bridgehead atoms. The summed E-state index contributed by atoms with van der Waals surface area (Å²) >= 11 is 1.84. The zero-order valence-corrected chi connectivity index (χ0v) is 44.8. The van der Waals surface area contributed by atoms with E-state index in [2.05, 4.69) is 261 Å². The van der Waals surface area contributed by atoms with E-state index in [0.29, 0.717) is 6.67 Å². The van der Waals surface area contributed by atoms with Crippen molar-refractivity contribution in [3.63, 3.8) is 0 Å². The zero-order chi connectivity index (χ0) is 50.5. The largest absolute Gasteiger partial charge is 0.457 e. The fourth-order valence-electron chi connectivity index (χ4n) is 10.3. The van der Waals surface area contributed by atoms with E-state index < -0.39 is 0 Å². The first-order chi connectivity index (χ1) is 34.2. The normalized spacial score (nSPS) is 13.4. The molecule has 0 saturated heterocycles. The number of nitrogens with zero attached hydrogens (tertiary/aromatic N) is 4. The van der Waals surface area contributed by atoms with Gasteiger partial charge in [-0.25, -0.2) is 4.98 Å². The molecule has 1 aliphatic heterocycles. The van der Waals surface area contributed by atoms with Crippen molar-refractivity contribution in [1.82, 2.24) is 9.55 Å². The van der Waals surface area contributed by atoms with E-state index in [1.54, 1.807) is 0 Å². The van der Waals surface area contributed by atoms with Crippen LogP contribution in [0.2, 0.25) is 0 Å². The Labute approximate surface area is 430 Å². The number of para-hydroxylation sites is 2. The topological polar surface area (TPSA) is 33.5 Å². The third kappa shape index (κ3) is 8.53. The van der Waals surface area contributed by atoms with Gasteiger partial charge in [-0.2, -0.15) is 0 Å². The summed E-state index contributed by atoms with van der Waals surface area (Å²) in [6.45, 7) is 28.1. The quantitative estimate of drug-likeness (QED) is 0.159. The first-order valence-corrected chi connectivity index (χ1v) is 26.3. The highest BCUT2D eigenvalue weighted by molar-refractivity contribution is 7.26. The highest BCUT2D eigenvalue weighted by Gasteiger charge is 2.33. The Balaban J connectivity index is 1.01.